The molecule has 0 radical (unpaired) electrons. The number of aromatic nitrogens is 1. The maximum absolute atomic E-state index is 6.14. The Morgan fingerprint density at radius 1 is 1.26 bits per heavy atom. The van der Waals surface area contributed by atoms with Crippen LogP contribution in [-0.4, -0.2) is 17.6 Å². The standard InChI is InChI=1S/C16H26N2O/c1-3-13-8-5-6-10-15(13)19-16-11-7-9-14(18-16)12-17-4-2/h7,9,11,13,15,17H,3-6,8,10,12H2,1-2H3. The van der Waals surface area contributed by atoms with E-state index in [4.69, 9.17) is 4.74 Å². The molecule has 0 bridgehead atoms. The molecule has 1 N–H and O–H groups in total. The molecule has 1 saturated carbocycles. The quantitative estimate of drug-likeness (QED) is 0.851. The molecule has 1 aromatic rings. The summed E-state index contributed by atoms with van der Waals surface area (Å²) in [6, 6.07) is 6.07. The van der Waals surface area contributed by atoms with Crippen LogP contribution < -0.4 is 10.1 Å². The minimum atomic E-state index is 0.362. The zero-order valence-electron chi connectivity index (χ0n) is 12.2. The smallest absolute Gasteiger partial charge is 0.213 e. The third-order valence-electron chi connectivity index (χ3n) is 3.97. The second-order valence-corrected chi connectivity index (χ2v) is 5.36. The molecule has 3 heteroatoms. The predicted molar refractivity (Wildman–Crippen MR) is 78.3 cm³/mol. The van der Waals surface area contributed by atoms with Crippen molar-refractivity contribution in [1.29, 1.82) is 0 Å². The molecule has 0 amide bonds. The Morgan fingerprint density at radius 3 is 2.89 bits per heavy atom. The van der Waals surface area contributed by atoms with E-state index in [-0.39, 0.29) is 0 Å². The molecule has 19 heavy (non-hydrogen) atoms. The van der Waals surface area contributed by atoms with Gasteiger partial charge in [-0.1, -0.05) is 26.3 Å². The second-order valence-electron chi connectivity index (χ2n) is 5.36. The highest BCUT2D eigenvalue weighted by Crippen LogP contribution is 2.29. The summed E-state index contributed by atoms with van der Waals surface area (Å²) in [5.41, 5.74) is 1.06. The Morgan fingerprint density at radius 2 is 2.11 bits per heavy atom. The molecule has 0 aromatic carbocycles. The number of nitrogens with one attached hydrogen (secondary N) is 1. The van der Waals surface area contributed by atoms with Crippen molar-refractivity contribution in [3.8, 4) is 5.88 Å². The first kappa shape index (κ1) is 14.3. The van der Waals surface area contributed by atoms with E-state index in [1.165, 1.54) is 32.1 Å². The molecule has 1 aliphatic carbocycles. The van der Waals surface area contributed by atoms with Gasteiger partial charge >= 0.3 is 0 Å². The lowest BCUT2D eigenvalue weighted by Crippen LogP contribution is -2.30. The first-order valence-electron chi connectivity index (χ1n) is 7.66. The van der Waals surface area contributed by atoms with Crippen molar-refractivity contribution >= 4 is 0 Å². The van der Waals surface area contributed by atoms with E-state index < -0.39 is 0 Å². The molecule has 0 saturated heterocycles. The summed E-state index contributed by atoms with van der Waals surface area (Å²) in [6.45, 7) is 6.15. The van der Waals surface area contributed by atoms with Gasteiger partial charge in [0, 0.05) is 12.6 Å². The van der Waals surface area contributed by atoms with Crippen LogP contribution in [0.15, 0.2) is 18.2 Å². The lowest BCUT2D eigenvalue weighted by molar-refractivity contribution is 0.0856. The Hall–Kier alpha value is -1.09. The number of hydrogen-bond donors (Lipinski definition) is 1. The molecule has 0 spiro atoms. The summed E-state index contributed by atoms with van der Waals surface area (Å²) >= 11 is 0. The van der Waals surface area contributed by atoms with E-state index in [1.807, 2.05) is 18.2 Å². The molecule has 1 fully saturated rings. The molecule has 1 heterocycles. The molecular formula is C16H26N2O. The molecular weight excluding hydrogens is 236 g/mol. The van der Waals surface area contributed by atoms with E-state index in [9.17, 15) is 0 Å². The number of pyridine rings is 1. The summed E-state index contributed by atoms with van der Waals surface area (Å²) in [5, 5.41) is 3.30. The zero-order chi connectivity index (χ0) is 13.5. The number of rotatable bonds is 6. The first-order valence-corrected chi connectivity index (χ1v) is 7.66. The van der Waals surface area contributed by atoms with Crippen LogP contribution in [0.25, 0.3) is 0 Å². The van der Waals surface area contributed by atoms with Crippen LogP contribution >= 0.6 is 0 Å². The van der Waals surface area contributed by atoms with Crippen LogP contribution in [0, 0.1) is 5.92 Å². The van der Waals surface area contributed by atoms with Crippen molar-refractivity contribution in [3.63, 3.8) is 0 Å². The molecule has 2 rings (SSSR count). The molecule has 0 aliphatic heterocycles. The average Bonchev–Trinajstić information content (AvgIpc) is 2.46. The number of hydrogen-bond acceptors (Lipinski definition) is 3. The summed E-state index contributed by atoms with van der Waals surface area (Å²) in [4.78, 5) is 4.59. The third-order valence-corrected chi connectivity index (χ3v) is 3.97. The molecule has 106 valence electrons. The summed E-state index contributed by atoms with van der Waals surface area (Å²) in [7, 11) is 0. The molecule has 1 aromatic heterocycles. The van der Waals surface area contributed by atoms with E-state index in [2.05, 4.69) is 24.1 Å². The van der Waals surface area contributed by atoms with Crippen molar-refractivity contribution in [3.05, 3.63) is 23.9 Å². The van der Waals surface area contributed by atoms with Crippen molar-refractivity contribution in [1.82, 2.24) is 10.3 Å². The van der Waals surface area contributed by atoms with Gasteiger partial charge in [-0.15, -0.1) is 0 Å². The lowest BCUT2D eigenvalue weighted by atomic mass is 9.85. The Kier molecular flexibility index (Phi) is 5.64. The largest absolute Gasteiger partial charge is 0.474 e. The minimum absolute atomic E-state index is 0.362. The summed E-state index contributed by atoms with van der Waals surface area (Å²) < 4.78 is 6.14. The van der Waals surface area contributed by atoms with Crippen LogP contribution in [0.2, 0.25) is 0 Å². The number of ether oxygens (including phenoxy) is 1. The highest BCUT2D eigenvalue weighted by Gasteiger charge is 2.25. The highest BCUT2D eigenvalue weighted by atomic mass is 16.5. The van der Waals surface area contributed by atoms with Crippen LogP contribution in [0.4, 0.5) is 0 Å². The van der Waals surface area contributed by atoms with E-state index in [0.717, 1.165) is 24.7 Å². The fraction of sp³-hybridized carbons (Fsp3) is 0.688. The van der Waals surface area contributed by atoms with Crippen molar-refractivity contribution in [2.24, 2.45) is 5.92 Å². The van der Waals surface area contributed by atoms with Crippen molar-refractivity contribution in [2.45, 2.75) is 58.6 Å². The van der Waals surface area contributed by atoms with Crippen LogP contribution in [0.3, 0.4) is 0 Å². The summed E-state index contributed by atoms with van der Waals surface area (Å²) in [6.07, 6.45) is 6.70. The monoisotopic (exact) mass is 262 g/mol. The van der Waals surface area contributed by atoms with Gasteiger partial charge in [-0.25, -0.2) is 4.98 Å². The second kappa shape index (κ2) is 7.49. The van der Waals surface area contributed by atoms with Gasteiger partial charge in [0.15, 0.2) is 0 Å². The van der Waals surface area contributed by atoms with Crippen molar-refractivity contribution in [2.75, 3.05) is 6.54 Å². The Balaban J connectivity index is 1.97. The number of nitrogens with zero attached hydrogens (tertiary/aromatic N) is 1. The van der Waals surface area contributed by atoms with Gasteiger partial charge in [0.05, 0.1) is 5.69 Å². The fourth-order valence-corrected chi connectivity index (χ4v) is 2.83. The molecule has 2 atom stereocenters. The van der Waals surface area contributed by atoms with Crippen LogP contribution in [-0.2, 0) is 6.54 Å². The SMILES string of the molecule is CCNCc1cccc(OC2CCCCC2CC)n1. The zero-order valence-corrected chi connectivity index (χ0v) is 12.2. The third kappa shape index (κ3) is 4.20. The maximum atomic E-state index is 6.14. The van der Waals surface area contributed by atoms with Gasteiger partial charge in [0.25, 0.3) is 0 Å². The van der Waals surface area contributed by atoms with E-state index in [1.54, 1.807) is 0 Å². The van der Waals surface area contributed by atoms with Crippen LogP contribution in [0.5, 0.6) is 5.88 Å². The Labute approximate surface area is 116 Å². The van der Waals surface area contributed by atoms with Gasteiger partial charge < -0.3 is 10.1 Å². The lowest BCUT2D eigenvalue weighted by Gasteiger charge is -2.30. The van der Waals surface area contributed by atoms with E-state index >= 15 is 0 Å². The van der Waals surface area contributed by atoms with Gasteiger partial charge in [-0.05, 0) is 44.2 Å². The fourth-order valence-electron chi connectivity index (χ4n) is 2.83. The molecule has 3 nitrogen and oxygen atoms in total. The highest BCUT2D eigenvalue weighted by molar-refractivity contribution is 5.16. The van der Waals surface area contributed by atoms with Gasteiger partial charge in [-0.3, -0.25) is 0 Å². The van der Waals surface area contributed by atoms with E-state index in [0.29, 0.717) is 12.0 Å². The van der Waals surface area contributed by atoms with Crippen molar-refractivity contribution < 1.29 is 4.74 Å². The minimum Gasteiger partial charge on any atom is -0.474 e. The maximum Gasteiger partial charge on any atom is 0.213 e. The predicted octanol–water partition coefficient (Wildman–Crippen LogP) is 3.54. The first-order chi connectivity index (χ1) is 9.33. The summed E-state index contributed by atoms with van der Waals surface area (Å²) in [5.74, 6) is 1.49. The Bertz CT molecular complexity index is 381. The molecule has 2 unspecified atom stereocenters. The van der Waals surface area contributed by atoms with Gasteiger partial charge in [-0.2, -0.15) is 0 Å². The molecule has 1 aliphatic rings. The normalized spacial score (nSPS) is 23.3. The van der Waals surface area contributed by atoms with Gasteiger partial charge in [0.2, 0.25) is 5.88 Å². The van der Waals surface area contributed by atoms with Crippen LogP contribution in [0.1, 0.15) is 51.6 Å². The average molecular weight is 262 g/mol. The van der Waals surface area contributed by atoms with Gasteiger partial charge in [0.1, 0.15) is 6.10 Å². The topological polar surface area (TPSA) is 34.1 Å².